The Bertz CT molecular complexity index is 1100. The summed E-state index contributed by atoms with van der Waals surface area (Å²) in [4.78, 5) is 19.1. The van der Waals surface area contributed by atoms with Crippen LogP contribution >= 0.6 is 34.9 Å². The highest BCUT2D eigenvalue weighted by atomic mass is 32.2. The Morgan fingerprint density at radius 2 is 2.15 bits per heavy atom. The van der Waals surface area contributed by atoms with E-state index in [1.807, 2.05) is 43.0 Å². The maximum absolute atomic E-state index is 13.5. The lowest BCUT2D eigenvalue weighted by atomic mass is 10.1. The number of nitriles is 1. The molecular weight excluding hydrogens is 398 g/mol. The van der Waals surface area contributed by atoms with Crippen LogP contribution in [0.15, 0.2) is 38.4 Å². The second-order valence-electron chi connectivity index (χ2n) is 6.12. The normalized spacial score (nSPS) is 14.6. The first-order valence-corrected chi connectivity index (χ1v) is 11.2. The van der Waals surface area contributed by atoms with Gasteiger partial charge in [-0.2, -0.15) is 5.26 Å². The summed E-state index contributed by atoms with van der Waals surface area (Å²) in [6, 6.07) is 9.57. The number of rotatable bonds is 4. The second kappa shape index (κ2) is 7.58. The molecule has 0 N–H and O–H groups in total. The van der Waals surface area contributed by atoms with Gasteiger partial charge in [-0.05, 0) is 55.3 Å². The molecule has 1 atom stereocenters. The Morgan fingerprint density at radius 3 is 2.85 bits per heavy atom. The molecule has 0 saturated heterocycles. The van der Waals surface area contributed by atoms with Gasteiger partial charge in [0.1, 0.15) is 10.6 Å². The first kappa shape index (κ1) is 18.4. The van der Waals surface area contributed by atoms with Gasteiger partial charge in [0.2, 0.25) is 0 Å². The molecule has 1 aromatic carbocycles. The molecule has 0 amide bonds. The number of aromatic nitrogens is 2. The Morgan fingerprint density at radius 1 is 1.37 bits per heavy atom. The fourth-order valence-electron chi connectivity index (χ4n) is 3.05. The highest BCUT2D eigenvalue weighted by Gasteiger charge is 2.24. The fourth-order valence-corrected chi connectivity index (χ4v) is 6.43. The van der Waals surface area contributed by atoms with Gasteiger partial charge < -0.3 is 4.74 Å². The van der Waals surface area contributed by atoms with Crippen molar-refractivity contribution in [1.29, 1.82) is 5.26 Å². The van der Waals surface area contributed by atoms with E-state index in [1.54, 1.807) is 23.0 Å². The van der Waals surface area contributed by atoms with Crippen molar-refractivity contribution >= 4 is 45.1 Å². The summed E-state index contributed by atoms with van der Waals surface area (Å²) in [5.41, 5.74) is 1.81. The molecule has 0 saturated carbocycles. The molecule has 0 spiro atoms. The predicted molar refractivity (Wildman–Crippen MR) is 112 cm³/mol. The van der Waals surface area contributed by atoms with E-state index in [2.05, 4.69) is 6.07 Å². The molecule has 138 valence electrons. The molecule has 0 radical (unpaired) electrons. The van der Waals surface area contributed by atoms with Crippen LogP contribution in [0.4, 0.5) is 0 Å². The van der Waals surface area contributed by atoms with Crippen molar-refractivity contribution in [2.75, 3.05) is 12.9 Å². The average molecular weight is 416 g/mol. The number of methoxy groups -OCH3 is 1. The molecule has 0 fully saturated rings. The Hall–Kier alpha value is -1.95. The van der Waals surface area contributed by atoms with Crippen LogP contribution in [0.5, 0.6) is 5.75 Å². The number of aryl methyl sites for hydroxylation is 1. The maximum Gasteiger partial charge on any atom is 0.267 e. The largest absolute Gasteiger partial charge is 0.497 e. The minimum absolute atomic E-state index is 0.0576. The van der Waals surface area contributed by atoms with Crippen molar-refractivity contribution in [3.05, 3.63) is 40.2 Å². The minimum atomic E-state index is -0.303. The lowest BCUT2D eigenvalue weighted by molar-refractivity contribution is 0.414. The average Bonchev–Trinajstić information content (AvgIpc) is 3.06. The highest BCUT2D eigenvalue weighted by molar-refractivity contribution is 8.01. The van der Waals surface area contributed by atoms with Crippen LogP contribution in [0.3, 0.4) is 0 Å². The van der Waals surface area contributed by atoms with E-state index < -0.39 is 0 Å². The molecule has 0 bridgehead atoms. The summed E-state index contributed by atoms with van der Waals surface area (Å²) in [6.07, 6.45) is 2.00. The summed E-state index contributed by atoms with van der Waals surface area (Å²) in [5.74, 6) is 1.81. The lowest BCUT2D eigenvalue weighted by Gasteiger charge is -2.14. The van der Waals surface area contributed by atoms with Crippen molar-refractivity contribution in [3.8, 4) is 17.5 Å². The van der Waals surface area contributed by atoms with Crippen molar-refractivity contribution in [2.45, 2.75) is 34.4 Å². The van der Waals surface area contributed by atoms with Gasteiger partial charge in [0.25, 0.3) is 5.56 Å². The zero-order valence-corrected chi connectivity index (χ0v) is 17.3. The maximum atomic E-state index is 13.5. The van der Waals surface area contributed by atoms with Gasteiger partial charge in [0, 0.05) is 0 Å². The number of hydrogen-bond donors (Lipinski definition) is 0. The SMILES string of the molecule is COc1ccc(-n2c(SC(C)C#N)nc3sc4c(c3c2=O)CCCS4)cc1. The molecule has 1 aliphatic heterocycles. The van der Waals surface area contributed by atoms with E-state index in [0.29, 0.717) is 5.16 Å². The van der Waals surface area contributed by atoms with Gasteiger partial charge in [0.05, 0.1) is 33.7 Å². The lowest BCUT2D eigenvalue weighted by Crippen LogP contribution is -2.22. The van der Waals surface area contributed by atoms with Crippen LogP contribution in [0.1, 0.15) is 18.9 Å². The van der Waals surface area contributed by atoms with E-state index in [4.69, 9.17) is 9.72 Å². The summed E-state index contributed by atoms with van der Waals surface area (Å²) < 4.78 is 8.06. The molecule has 0 aliphatic carbocycles. The van der Waals surface area contributed by atoms with Crippen LogP contribution in [-0.2, 0) is 6.42 Å². The first-order valence-electron chi connectivity index (χ1n) is 8.54. The number of fused-ring (bicyclic) bond motifs is 3. The van der Waals surface area contributed by atoms with Crippen molar-refractivity contribution in [1.82, 2.24) is 9.55 Å². The number of nitrogens with zero attached hydrogens (tertiary/aromatic N) is 3. The summed E-state index contributed by atoms with van der Waals surface area (Å²) >= 11 is 4.71. The Labute approximate surface area is 169 Å². The van der Waals surface area contributed by atoms with Crippen LogP contribution < -0.4 is 10.3 Å². The Kier molecular flexibility index (Phi) is 5.17. The van der Waals surface area contributed by atoms with Crippen LogP contribution in [0.2, 0.25) is 0 Å². The number of thiophene rings is 1. The molecule has 3 heterocycles. The highest BCUT2D eigenvalue weighted by Crippen LogP contribution is 2.41. The van der Waals surface area contributed by atoms with Crippen molar-refractivity contribution in [2.24, 2.45) is 0 Å². The smallest absolute Gasteiger partial charge is 0.267 e. The molecule has 1 aliphatic rings. The topological polar surface area (TPSA) is 67.9 Å². The zero-order valence-electron chi connectivity index (χ0n) is 14.9. The monoisotopic (exact) mass is 415 g/mol. The number of ether oxygens (including phenoxy) is 1. The van der Waals surface area contributed by atoms with Crippen LogP contribution in [-0.4, -0.2) is 27.7 Å². The van der Waals surface area contributed by atoms with E-state index in [-0.39, 0.29) is 10.8 Å². The standard InChI is InChI=1S/C19H17N3O2S3/c1-11(10-20)26-19-21-16-15(14-4-3-9-25-18(14)27-16)17(23)22(19)12-5-7-13(24-2)8-6-12/h5-8,11H,3-4,9H2,1-2H3. The molecule has 2 aromatic heterocycles. The number of thioether (sulfide) groups is 2. The fraction of sp³-hybridized carbons (Fsp3) is 0.316. The number of benzene rings is 1. The molecular formula is C19H17N3O2S3. The van der Waals surface area contributed by atoms with Crippen LogP contribution in [0.25, 0.3) is 15.9 Å². The molecule has 5 nitrogen and oxygen atoms in total. The molecule has 8 heteroatoms. The van der Waals surface area contributed by atoms with Gasteiger partial charge in [-0.15, -0.1) is 23.1 Å². The van der Waals surface area contributed by atoms with Gasteiger partial charge >= 0.3 is 0 Å². The quantitative estimate of drug-likeness (QED) is 0.462. The van der Waals surface area contributed by atoms with Crippen molar-refractivity contribution in [3.63, 3.8) is 0 Å². The third-order valence-corrected chi connectivity index (χ3v) is 7.82. The molecule has 3 aromatic rings. The van der Waals surface area contributed by atoms with Gasteiger partial charge in [0.15, 0.2) is 5.16 Å². The van der Waals surface area contributed by atoms with Crippen LogP contribution in [0, 0.1) is 11.3 Å². The predicted octanol–water partition coefficient (Wildman–Crippen LogP) is 4.50. The Balaban J connectivity index is 1.97. The summed E-state index contributed by atoms with van der Waals surface area (Å²) in [6.45, 7) is 1.81. The number of hydrogen-bond acceptors (Lipinski definition) is 7. The molecule has 4 rings (SSSR count). The van der Waals surface area contributed by atoms with E-state index in [9.17, 15) is 10.1 Å². The first-order chi connectivity index (χ1) is 13.1. The van der Waals surface area contributed by atoms with E-state index in [0.717, 1.165) is 45.8 Å². The molecule has 27 heavy (non-hydrogen) atoms. The summed E-state index contributed by atoms with van der Waals surface area (Å²) in [7, 11) is 1.61. The zero-order chi connectivity index (χ0) is 19.0. The molecule has 1 unspecified atom stereocenters. The van der Waals surface area contributed by atoms with Gasteiger partial charge in [-0.25, -0.2) is 4.98 Å². The summed E-state index contributed by atoms with van der Waals surface area (Å²) in [5, 5.41) is 10.2. The van der Waals surface area contributed by atoms with E-state index >= 15 is 0 Å². The third kappa shape index (κ3) is 3.35. The van der Waals surface area contributed by atoms with E-state index in [1.165, 1.54) is 16.0 Å². The third-order valence-electron chi connectivity index (χ3n) is 4.36. The van der Waals surface area contributed by atoms with Gasteiger partial charge in [-0.3, -0.25) is 9.36 Å². The second-order valence-corrected chi connectivity index (χ2v) is 9.79. The minimum Gasteiger partial charge on any atom is -0.497 e. The van der Waals surface area contributed by atoms with Crippen molar-refractivity contribution < 1.29 is 4.74 Å². The van der Waals surface area contributed by atoms with Gasteiger partial charge in [-0.1, -0.05) is 11.8 Å².